The van der Waals surface area contributed by atoms with E-state index in [4.69, 9.17) is 14.2 Å². The average molecular weight is 697 g/mol. The molecule has 0 N–H and O–H groups in total. The van der Waals surface area contributed by atoms with Crippen molar-refractivity contribution < 1.29 is 23.8 Å². The molecule has 5 nitrogen and oxygen atoms in total. The molecule has 0 aromatic carbocycles. The fourth-order valence-corrected chi connectivity index (χ4v) is 5.22. The van der Waals surface area contributed by atoms with E-state index >= 15 is 0 Å². The van der Waals surface area contributed by atoms with Gasteiger partial charge in [0, 0.05) is 13.0 Å². The largest absolute Gasteiger partial charge is 0.461 e. The fraction of sp³-hybridized carbons (Fsp3) is 0.689. The number of ether oxygens (including phenoxy) is 3. The normalized spacial score (nSPS) is 12.9. The molecule has 0 aromatic rings. The minimum atomic E-state index is -0.575. The molecular weight excluding hydrogens is 620 g/mol. The molecule has 0 aliphatic rings. The Balaban J connectivity index is 4.32. The molecule has 0 heterocycles. The summed E-state index contributed by atoms with van der Waals surface area (Å²) in [5.41, 5.74) is 0. The number of hydrogen-bond donors (Lipinski definition) is 0. The standard InChI is InChI=1S/C45H76O5/c1-4-7-10-13-16-18-20-22-23-25-26-28-30-32-35-38-44(46)49-42-43(41-48-40-37-34-15-12-9-6-3)50-45(47)39-36-33-31-29-27-24-21-19-17-14-11-8-5-2/h7,10,16,18-19,21-23,26,28,32,35,43H,4-6,8-9,11-15,17,20,24-25,27,29-31,33-34,36-42H2,1-3H3/b10-7-,18-16-,21-19-,23-22-,28-26-,35-32-. The molecule has 5 heteroatoms. The van der Waals surface area contributed by atoms with Crippen molar-refractivity contribution in [2.75, 3.05) is 19.8 Å². The van der Waals surface area contributed by atoms with Crippen molar-refractivity contribution in [3.63, 3.8) is 0 Å². The van der Waals surface area contributed by atoms with Crippen LogP contribution in [0.15, 0.2) is 72.9 Å². The highest BCUT2D eigenvalue weighted by molar-refractivity contribution is 5.71. The first-order valence-corrected chi connectivity index (χ1v) is 20.5. The molecule has 0 rings (SSSR count). The van der Waals surface area contributed by atoms with E-state index < -0.39 is 6.10 Å². The second-order valence-corrected chi connectivity index (χ2v) is 13.2. The van der Waals surface area contributed by atoms with Crippen molar-refractivity contribution in [2.45, 2.75) is 181 Å². The van der Waals surface area contributed by atoms with E-state index in [2.05, 4.69) is 81.5 Å². The van der Waals surface area contributed by atoms with E-state index in [0.29, 0.717) is 13.0 Å². The van der Waals surface area contributed by atoms with Gasteiger partial charge in [-0.2, -0.15) is 0 Å². The van der Waals surface area contributed by atoms with E-state index in [1.54, 1.807) is 0 Å². The Morgan fingerprint density at radius 2 is 0.960 bits per heavy atom. The lowest BCUT2D eigenvalue weighted by Gasteiger charge is -2.18. The van der Waals surface area contributed by atoms with E-state index in [-0.39, 0.29) is 31.6 Å². The third-order valence-corrected chi connectivity index (χ3v) is 8.26. The summed E-state index contributed by atoms with van der Waals surface area (Å²) in [6.45, 7) is 7.52. The zero-order valence-electron chi connectivity index (χ0n) is 32.6. The number of allylic oxidation sites excluding steroid dienone is 11. The highest BCUT2D eigenvalue weighted by Crippen LogP contribution is 2.11. The number of hydrogen-bond acceptors (Lipinski definition) is 5. The first-order valence-electron chi connectivity index (χ1n) is 20.5. The molecule has 0 spiro atoms. The van der Waals surface area contributed by atoms with Gasteiger partial charge in [-0.15, -0.1) is 0 Å². The minimum Gasteiger partial charge on any atom is -0.461 e. The first kappa shape index (κ1) is 47.3. The molecule has 0 saturated carbocycles. The molecular formula is C45H76O5. The lowest BCUT2D eigenvalue weighted by molar-refractivity contribution is -0.162. The third kappa shape index (κ3) is 38.1. The summed E-state index contributed by atoms with van der Waals surface area (Å²) in [5.74, 6) is -0.562. The molecule has 0 saturated heterocycles. The molecule has 1 atom stereocenters. The molecule has 50 heavy (non-hydrogen) atoms. The maximum atomic E-state index is 12.6. The Morgan fingerprint density at radius 3 is 1.54 bits per heavy atom. The summed E-state index contributed by atoms with van der Waals surface area (Å²) in [6, 6.07) is 0. The summed E-state index contributed by atoms with van der Waals surface area (Å²) in [5, 5.41) is 0. The van der Waals surface area contributed by atoms with Gasteiger partial charge in [0.2, 0.25) is 0 Å². The van der Waals surface area contributed by atoms with Gasteiger partial charge in [0.05, 0.1) is 13.0 Å². The summed E-state index contributed by atoms with van der Waals surface area (Å²) < 4.78 is 17.0. The quantitative estimate of drug-likeness (QED) is 0.0371. The van der Waals surface area contributed by atoms with Crippen molar-refractivity contribution in [2.24, 2.45) is 0 Å². The number of rotatable bonds is 36. The summed E-state index contributed by atoms with van der Waals surface area (Å²) in [7, 11) is 0. The molecule has 0 aliphatic heterocycles. The van der Waals surface area contributed by atoms with Crippen LogP contribution in [0.5, 0.6) is 0 Å². The van der Waals surface area contributed by atoms with E-state index in [0.717, 1.165) is 70.6 Å². The zero-order valence-corrected chi connectivity index (χ0v) is 32.6. The van der Waals surface area contributed by atoms with Crippen LogP contribution in [0, 0.1) is 0 Å². The molecule has 0 aliphatic carbocycles. The van der Waals surface area contributed by atoms with Crippen LogP contribution in [0.25, 0.3) is 0 Å². The van der Waals surface area contributed by atoms with Crippen molar-refractivity contribution >= 4 is 11.9 Å². The molecule has 0 fully saturated rings. The molecule has 1 unspecified atom stereocenters. The van der Waals surface area contributed by atoms with Crippen molar-refractivity contribution in [3.8, 4) is 0 Å². The van der Waals surface area contributed by atoms with Gasteiger partial charge in [-0.1, -0.05) is 164 Å². The second kappa shape index (κ2) is 40.8. The Kier molecular flexibility index (Phi) is 38.6. The highest BCUT2D eigenvalue weighted by Gasteiger charge is 2.17. The lowest BCUT2D eigenvalue weighted by Crippen LogP contribution is -2.30. The lowest BCUT2D eigenvalue weighted by atomic mass is 10.1. The molecule has 0 aromatic heterocycles. The Labute approximate surface area is 308 Å². The minimum absolute atomic E-state index is 0.0257. The van der Waals surface area contributed by atoms with Crippen LogP contribution < -0.4 is 0 Å². The van der Waals surface area contributed by atoms with Crippen LogP contribution >= 0.6 is 0 Å². The van der Waals surface area contributed by atoms with E-state index in [1.807, 2.05) is 12.2 Å². The summed E-state index contributed by atoms with van der Waals surface area (Å²) in [6.07, 6.45) is 50.7. The van der Waals surface area contributed by atoms with Gasteiger partial charge in [-0.25, -0.2) is 0 Å². The fourth-order valence-electron chi connectivity index (χ4n) is 5.22. The Bertz CT molecular complexity index is 926. The SMILES string of the molecule is CC/C=C\C/C=C\C/C=C\C/C=C\C/C=C\CC(=O)OCC(COCCCCCCCC)OC(=O)CCCCCCC/C=C\CCCCCC. The van der Waals surface area contributed by atoms with Crippen LogP contribution in [0.3, 0.4) is 0 Å². The van der Waals surface area contributed by atoms with Gasteiger partial charge in [-0.05, 0) is 70.6 Å². The van der Waals surface area contributed by atoms with Crippen LogP contribution in [-0.2, 0) is 23.8 Å². The first-order chi connectivity index (χ1) is 24.6. The monoisotopic (exact) mass is 697 g/mol. The number of esters is 2. The Morgan fingerprint density at radius 1 is 0.480 bits per heavy atom. The summed E-state index contributed by atoms with van der Waals surface area (Å²) in [4.78, 5) is 25.0. The van der Waals surface area contributed by atoms with Gasteiger partial charge in [-0.3, -0.25) is 9.59 Å². The topological polar surface area (TPSA) is 61.8 Å². The van der Waals surface area contributed by atoms with Crippen LogP contribution in [0.1, 0.15) is 175 Å². The number of unbranched alkanes of at least 4 members (excludes halogenated alkanes) is 14. The zero-order chi connectivity index (χ0) is 36.4. The summed E-state index contributed by atoms with van der Waals surface area (Å²) >= 11 is 0. The van der Waals surface area contributed by atoms with Crippen LogP contribution in [0.4, 0.5) is 0 Å². The molecule has 286 valence electrons. The predicted octanol–water partition coefficient (Wildman–Crippen LogP) is 13.2. The maximum Gasteiger partial charge on any atom is 0.309 e. The number of carbonyl (C=O) groups is 2. The highest BCUT2D eigenvalue weighted by atomic mass is 16.6. The van der Waals surface area contributed by atoms with E-state index in [1.165, 1.54) is 70.6 Å². The van der Waals surface area contributed by atoms with Crippen molar-refractivity contribution in [3.05, 3.63) is 72.9 Å². The van der Waals surface area contributed by atoms with Gasteiger partial charge < -0.3 is 14.2 Å². The maximum absolute atomic E-state index is 12.6. The molecule has 0 radical (unpaired) electrons. The van der Waals surface area contributed by atoms with Gasteiger partial charge in [0.15, 0.2) is 6.10 Å². The molecule has 0 amide bonds. The second-order valence-electron chi connectivity index (χ2n) is 13.2. The number of carbonyl (C=O) groups excluding carboxylic acids is 2. The van der Waals surface area contributed by atoms with Crippen molar-refractivity contribution in [1.29, 1.82) is 0 Å². The van der Waals surface area contributed by atoms with E-state index in [9.17, 15) is 9.59 Å². The third-order valence-electron chi connectivity index (χ3n) is 8.26. The van der Waals surface area contributed by atoms with Gasteiger partial charge >= 0.3 is 11.9 Å². The predicted molar refractivity (Wildman–Crippen MR) is 214 cm³/mol. The van der Waals surface area contributed by atoms with Gasteiger partial charge in [0.1, 0.15) is 6.61 Å². The average Bonchev–Trinajstić information content (AvgIpc) is 3.11. The Hall–Kier alpha value is -2.66. The van der Waals surface area contributed by atoms with Crippen molar-refractivity contribution in [1.82, 2.24) is 0 Å². The van der Waals surface area contributed by atoms with Crippen LogP contribution in [-0.4, -0.2) is 37.9 Å². The van der Waals surface area contributed by atoms with Crippen LogP contribution in [0.2, 0.25) is 0 Å². The van der Waals surface area contributed by atoms with Gasteiger partial charge in [0.25, 0.3) is 0 Å². The smallest absolute Gasteiger partial charge is 0.309 e. The molecule has 0 bridgehead atoms.